The summed E-state index contributed by atoms with van der Waals surface area (Å²) in [5.74, 6) is 0. The summed E-state index contributed by atoms with van der Waals surface area (Å²) in [6, 6.07) is 8.24. The van der Waals surface area contributed by atoms with Gasteiger partial charge in [-0.25, -0.2) is 0 Å². The molecule has 0 heterocycles. The Balaban J connectivity index is 2.47. The molecule has 1 rings (SSSR count). The van der Waals surface area contributed by atoms with Gasteiger partial charge in [0, 0.05) is 38.6 Å². The normalized spacial score (nSPS) is 9.93. The zero-order valence-electron chi connectivity index (χ0n) is 8.83. The number of hydrogen-bond donors (Lipinski definition) is 2. The highest BCUT2D eigenvalue weighted by molar-refractivity contribution is 5.54. The number of hydrogen-bond acceptors (Lipinski definition) is 3. The van der Waals surface area contributed by atoms with Crippen LogP contribution in [0.15, 0.2) is 24.3 Å². The van der Waals surface area contributed by atoms with Gasteiger partial charge in [-0.05, 0) is 30.7 Å². The quantitative estimate of drug-likeness (QED) is 0.698. The highest BCUT2D eigenvalue weighted by Crippen LogP contribution is 2.15. The molecule has 0 aliphatic heterocycles. The van der Waals surface area contributed by atoms with Crippen molar-refractivity contribution in [2.75, 3.05) is 37.5 Å². The van der Waals surface area contributed by atoms with Gasteiger partial charge in [0.2, 0.25) is 0 Å². The van der Waals surface area contributed by atoms with Gasteiger partial charge < -0.3 is 15.3 Å². The number of benzene rings is 1. The van der Waals surface area contributed by atoms with Crippen LogP contribution in [0.2, 0.25) is 0 Å². The Hall–Kier alpha value is -1.22. The summed E-state index contributed by atoms with van der Waals surface area (Å²) in [6.07, 6.45) is 0.787. The van der Waals surface area contributed by atoms with Gasteiger partial charge in [-0.2, -0.15) is 0 Å². The minimum absolute atomic E-state index is 0.239. The number of rotatable bonds is 5. The van der Waals surface area contributed by atoms with Crippen LogP contribution in [0, 0.1) is 0 Å². The summed E-state index contributed by atoms with van der Waals surface area (Å²) in [5, 5.41) is 11.8. The second-order valence-corrected chi connectivity index (χ2v) is 3.45. The molecule has 78 valence electrons. The van der Waals surface area contributed by atoms with Gasteiger partial charge in [-0.1, -0.05) is 0 Å². The maximum absolute atomic E-state index is 8.61. The van der Waals surface area contributed by atoms with Crippen LogP contribution >= 0.6 is 0 Å². The van der Waals surface area contributed by atoms with Gasteiger partial charge in [-0.15, -0.1) is 0 Å². The molecule has 0 aliphatic rings. The van der Waals surface area contributed by atoms with Crippen LogP contribution in [0.5, 0.6) is 0 Å². The molecule has 0 spiro atoms. The zero-order valence-corrected chi connectivity index (χ0v) is 8.83. The minimum Gasteiger partial charge on any atom is -0.396 e. The summed E-state index contributed by atoms with van der Waals surface area (Å²) in [4.78, 5) is 2.07. The van der Waals surface area contributed by atoms with Crippen LogP contribution in [0.25, 0.3) is 0 Å². The Morgan fingerprint density at radius 3 is 2.36 bits per heavy atom. The van der Waals surface area contributed by atoms with E-state index in [1.165, 1.54) is 5.69 Å². The van der Waals surface area contributed by atoms with Crippen LogP contribution in [0.4, 0.5) is 11.4 Å². The van der Waals surface area contributed by atoms with Crippen LogP contribution in [0.3, 0.4) is 0 Å². The van der Waals surface area contributed by atoms with Crippen molar-refractivity contribution in [3.63, 3.8) is 0 Å². The third-order valence-corrected chi connectivity index (χ3v) is 2.05. The van der Waals surface area contributed by atoms with Crippen LogP contribution < -0.4 is 10.2 Å². The molecule has 2 N–H and O–H groups in total. The molecule has 0 aliphatic carbocycles. The monoisotopic (exact) mass is 194 g/mol. The van der Waals surface area contributed by atoms with E-state index in [1.54, 1.807) is 0 Å². The molecule has 3 heteroatoms. The highest BCUT2D eigenvalue weighted by atomic mass is 16.3. The molecule has 1 aromatic carbocycles. The first-order chi connectivity index (χ1) is 6.74. The third-order valence-electron chi connectivity index (χ3n) is 2.05. The standard InChI is InChI=1S/C11H18N2O/c1-13(2)11-6-4-10(5-7-11)12-8-3-9-14/h4-7,12,14H,3,8-9H2,1-2H3. The van der Waals surface area contributed by atoms with Crippen molar-refractivity contribution in [2.45, 2.75) is 6.42 Å². The van der Waals surface area contributed by atoms with Crippen LogP contribution in [0.1, 0.15) is 6.42 Å². The predicted molar refractivity (Wildman–Crippen MR) is 61.0 cm³/mol. The summed E-state index contributed by atoms with van der Waals surface area (Å²) >= 11 is 0. The van der Waals surface area contributed by atoms with Crippen LogP contribution in [-0.4, -0.2) is 32.4 Å². The molecule has 0 fully saturated rings. The third kappa shape index (κ3) is 3.26. The Bertz CT molecular complexity index is 256. The van der Waals surface area contributed by atoms with Gasteiger partial charge in [-0.3, -0.25) is 0 Å². The lowest BCUT2D eigenvalue weighted by atomic mass is 10.2. The zero-order chi connectivity index (χ0) is 10.4. The number of aliphatic hydroxyl groups is 1. The van der Waals surface area contributed by atoms with E-state index in [9.17, 15) is 0 Å². The van der Waals surface area contributed by atoms with Crippen molar-refractivity contribution in [2.24, 2.45) is 0 Å². The molecule has 0 unspecified atom stereocenters. The van der Waals surface area contributed by atoms with E-state index in [0.717, 1.165) is 18.7 Å². The van der Waals surface area contributed by atoms with Gasteiger partial charge in [0.25, 0.3) is 0 Å². The lowest BCUT2D eigenvalue weighted by Gasteiger charge is -2.13. The molecule has 0 saturated heterocycles. The van der Waals surface area contributed by atoms with E-state index in [-0.39, 0.29) is 6.61 Å². The topological polar surface area (TPSA) is 35.5 Å². The summed E-state index contributed by atoms with van der Waals surface area (Å²) < 4.78 is 0. The van der Waals surface area contributed by atoms with E-state index < -0.39 is 0 Å². The van der Waals surface area contributed by atoms with E-state index in [1.807, 2.05) is 26.2 Å². The average molecular weight is 194 g/mol. The number of nitrogens with zero attached hydrogens (tertiary/aromatic N) is 1. The van der Waals surface area contributed by atoms with Crippen molar-refractivity contribution in [1.82, 2.24) is 0 Å². The largest absolute Gasteiger partial charge is 0.396 e. The molecule has 3 nitrogen and oxygen atoms in total. The summed E-state index contributed by atoms with van der Waals surface area (Å²) in [6.45, 7) is 1.06. The molecule has 0 radical (unpaired) electrons. The number of nitrogens with one attached hydrogen (secondary N) is 1. The first kappa shape index (κ1) is 10.9. The molecule has 14 heavy (non-hydrogen) atoms. The van der Waals surface area contributed by atoms with Crippen molar-refractivity contribution in [3.05, 3.63) is 24.3 Å². The lowest BCUT2D eigenvalue weighted by molar-refractivity contribution is 0.292. The number of aliphatic hydroxyl groups excluding tert-OH is 1. The lowest BCUT2D eigenvalue weighted by Crippen LogP contribution is -2.08. The van der Waals surface area contributed by atoms with Gasteiger partial charge in [0.15, 0.2) is 0 Å². The summed E-state index contributed by atoms with van der Waals surface area (Å²) in [7, 11) is 4.04. The molecular weight excluding hydrogens is 176 g/mol. The Morgan fingerprint density at radius 1 is 1.21 bits per heavy atom. The average Bonchev–Trinajstić information content (AvgIpc) is 2.19. The number of anilines is 2. The fourth-order valence-electron chi connectivity index (χ4n) is 1.19. The predicted octanol–water partition coefficient (Wildman–Crippen LogP) is 1.55. The maximum atomic E-state index is 8.61. The van der Waals surface area contributed by atoms with Gasteiger partial charge >= 0.3 is 0 Å². The van der Waals surface area contributed by atoms with E-state index in [0.29, 0.717) is 0 Å². The van der Waals surface area contributed by atoms with E-state index in [4.69, 9.17) is 5.11 Å². The second kappa shape index (κ2) is 5.50. The van der Waals surface area contributed by atoms with Crippen molar-refractivity contribution < 1.29 is 5.11 Å². The Labute approximate surface area is 85.4 Å². The molecule has 0 amide bonds. The second-order valence-electron chi connectivity index (χ2n) is 3.45. The molecule has 0 bridgehead atoms. The molecular formula is C11H18N2O. The van der Waals surface area contributed by atoms with Gasteiger partial charge in [0.05, 0.1) is 0 Å². The van der Waals surface area contributed by atoms with Crippen LogP contribution in [-0.2, 0) is 0 Å². The van der Waals surface area contributed by atoms with Crippen molar-refractivity contribution in [3.8, 4) is 0 Å². The molecule has 0 atom stereocenters. The Morgan fingerprint density at radius 2 is 1.86 bits per heavy atom. The molecule has 0 aromatic heterocycles. The SMILES string of the molecule is CN(C)c1ccc(NCCCO)cc1. The maximum Gasteiger partial charge on any atom is 0.0447 e. The molecule has 0 saturated carbocycles. The first-order valence-corrected chi connectivity index (χ1v) is 4.86. The molecule has 1 aromatic rings. The first-order valence-electron chi connectivity index (χ1n) is 4.86. The fraction of sp³-hybridized carbons (Fsp3) is 0.455. The van der Waals surface area contributed by atoms with E-state index in [2.05, 4.69) is 22.3 Å². The highest BCUT2D eigenvalue weighted by Gasteiger charge is 1.94. The Kier molecular flexibility index (Phi) is 4.26. The minimum atomic E-state index is 0.239. The summed E-state index contributed by atoms with van der Waals surface area (Å²) in [5.41, 5.74) is 2.29. The van der Waals surface area contributed by atoms with E-state index >= 15 is 0 Å². The van der Waals surface area contributed by atoms with Crippen molar-refractivity contribution >= 4 is 11.4 Å². The van der Waals surface area contributed by atoms with Gasteiger partial charge in [0.1, 0.15) is 0 Å². The fourth-order valence-corrected chi connectivity index (χ4v) is 1.19. The van der Waals surface area contributed by atoms with Crippen molar-refractivity contribution in [1.29, 1.82) is 0 Å². The smallest absolute Gasteiger partial charge is 0.0447 e.